The topological polar surface area (TPSA) is 63.7 Å². The molecule has 0 N–H and O–H groups in total. The van der Waals surface area contributed by atoms with Crippen molar-refractivity contribution >= 4 is 17.8 Å². The van der Waals surface area contributed by atoms with E-state index in [1.54, 1.807) is 6.92 Å². The lowest BCUT2D eigenvalue weighted by atomic mass is 10.0. The quantitative estimate of drug-likeness (QED) is 0.310. The molecule has 1 aliphatic rings. The van der Waals surface area contributed by atoms with E-state index in [1.165, 1.54) is 4.90 Å². The van der Waals surface area contributed by atoms with Crippen molar-refractivity contribution in [3.8, 4) is 0 Å². The van der Waals surface area contributed by atoms with Gasteiger partial charge in [0.2, 0.25) is 11.8 Å². The number of hydrogen-bond acceptors (Lipinski definition) is 4. The van der Waals surface area contributed by atoms with Crippen molar-refractivity contribution in [2.45, 2.75) is 52.5 Å². The number of imide groups is 1. The number of carbonyl (C=O) groups is 3. The summed E-state index contributed by atoms with van der Waals surface area (Å²) in [4.78, 5) is 36.5. The van der Waals surface area contributed by atoms with Gasteiger partial charge in [-0.15, -0.1) is 0 Å². The number of esters is 1. The first-order valence-corrected chi connectivity index (χ1v) is 7.07. The number of ether oxygens (including phenoxy) is 1. The van der Waals surface area contributed by atoms with Crippen molar-refractivity contribution in [3.05, 3.63) is 12.2 Å². The van der Waals surface area contributed by atoms with Gasteiger partial charge in [-0.3, -0.25) is 14.5 Å². The Bertz CT molecular complexity index is 416. The van der Waals surface area contributed by atoms with Crippen LogP contribution in [-0.2, 0) is 19.1 Å². The molecule has 2 amide bonds. The van der Waals surface area contributed by atoms with Gasteiger partial charge in [0.1, 0.15) is 0 Å². The van der Waals surface area contributed by atoms with Gasteiger partial charge in [0, 0.05) is 24.0 Å². The molecule has 0 aromatic heterocycles. The maximum absolute atomic E-state index is 12.1. The van der Waals surface area contributed by atoms with Gasteiger partial charge in [-0.1, -0.05) is 13.5 Å². The molecule has 0 radical (unpaired) electrons. The van der Waals surface area contributed by atoms with E-state index in [0.29, 0.717) is 18.4 Å². The molecule has 1 saturated heterocycles. The van der Waals surface area contributed by atoms with Crippen molar-refractivity contribution in [1.29, 1.82) is 0 Å². The second-order valence-electron chi connectivity index (χ2n) is 5.32. The molecule has 0 aromatic carbocycles. The van der Waals surface area contributed by atoms with Crippen molar-refractivity contribution in [2.75, 3.05) is 6.61 Å². The third kappa shape index (κ3) is 3.92. The normalized spacial score (nSPS) is 20.1. The first kappa shape index (κ1) is 16.4. The monoisotopic (exact) mass is 281 g/mol. The second-order valence-corrected chi connectivity index (χ2v) is 5.32. The van der Waals surface area contributed by atoms with Crippen LogP contribution in [0, 0.1) is 5.92 Å². The molecule has 0 aromatic rings. The van der Waals surface area contributed by atoms with Gasteiger partial charge in [-0.25, -0.2) is 4.79 Å². The van der Waals surface area contributed by atoms with Crippen LogP contribution in [0.5, 0.6) is 0 Å². The minimum atomic E-state index is -0.417. The summed E-state index contributed by atoms with van der Waals surface area (Å²) >= 11 is 0. The molecule has 2 unspecified atom stereocenters. The minimum Gasteiger partial charge on any atom is -0.462 e. The largest absolute Gasteiger partial charge is 0.462 e. The van der Waals surface area contributed by atoms with E-state index in [0.717, 1.165) is 6.42 Å². The zero-order chi connectivity index (χ0) is 15.3. The number of carbonyl (C=O) groups excluding carboxylic acids is 3. The lowest BCUT2D eigenvalue weighted by Gasteiger charge is -2.21. The number of hydrogen-bond donors (Lipinski definition) is 0. The summed E-state index contributed by atoms with van der Waals surface area (Å²) in [6.45, 7) is 9.17. The van der Waals surface area contributed by atoms with Crippen LogP contribution in [0.4, 0.5) is 0 Å². The van der Waals surface area contributed by atoms with E-state index in [4.69, 9.17) is 4.74 Å². The summed E-state index contributed by atoms with van der Waals surface area (Å²) < 4.78 is 4.97. The Kier molecular flexibility index (Phi) is 5.92. The standard InChI is InChI=1S/C15H23NO4/c1-5-11(4)16-13(17)9-12(14(16)18)7-6-8-20-15(19)10(2)3/h11-12H,2,5-9H2,1,3-4H3. The van der Waals surface area contributed by atoms with E-state index in [2.05, 4.69) is 6.58 Å². The van der Waals surface area contributed by atoms with E-state index in [-0.39, 0.29) is 36.8 Å². The van der Waals surface area contributed by atoms with Crippen LogP contribution >= 0.6 is 0 Å². The third-order valence-electron chi connectivity index (χ3n) is 3.59. The number of amides is 2. The maximum atomic E-state index is 12.1. The van der Waals surface area contributed by atoms with Gasteiger partial charge in [-0.05, 0) is 33.1 Å². The van der Waals surface area contributed by atoms with E-state index in [9.17, 15) is 14.4 Å². The van der Waals surface area contributed by atoms with E-state index in [1.807, 2.05) is 13.8 Å². The molecule has 0 saturated carbocycles. The average molecular weight is 281 g/mol. The Labute approximate surface area is 120 Å². The van der Waals surface area contributed by atoms with Crippen molar-refractivity contribution in [1.82, 2.24) is 4.90 Å². The zero-order valence-corrected chi connectivity index (χ0v) is 12.5. The van der Waals surface area contributed by atoms with Gasteiger partial charge in [-0.2, -0.15) is 0 Å². The third-order valence-corrected chi connectivity index (χ3v) is 3.59. The predicted molar refractivity (Wildman–Crippen MR) is 74.7 cm³/mol. The molecule has 1 rings (SSSR count). The summed E-state index contributed by atoms with van der Waals surface area (Å²) in [5.41, 5.74) is 0.361. The van der Waals surface area contributed by atoms with Gasteiger partial charge >= 0.3 is 5.97 Å². The predicted octanol–water partition coefficient (Wildman–Crippen LogP) is 2.06. The lowest BCUT2D eigenvalue weighted by molar-refractivity contribution is -0.141. The molecule has 20 heavy (non-hydrogen) atoms. The molecule has 0 spiro atoms. The highest BCUT2D eigenvalue weighted by atomic mass is 16.5. The summed E-state index contributed by atoms with van der Waals surface area (Å²) in [5, 5.41) is 0. The summed E-state index contributed by atoms with van der Waals surface area (Å²) in [5.74, 6) is -0.857. The molecule has 2 atom stereocenters. The van der Waals surface area contributed by atoms with E-state index < -0.39 is 5.97 Å². The van der Waals surface area contributed by atoms with Crippen LogP contribution in [0.1, 0.15) is 46.5 Å². The summed E-state index contributed by atoms with van der Waals surface area (Å²) in [7, 11) is 0. The fraction of sp³-hybridized carbons (Fsp3) is 0.667. The Morgan fingerprint density at radius 2 is 2.15 bits per heavy atom. The highest BCUT2D eigenvalue weighted by Crippen LogP contribution is 2.26. The number of nitrogens with zero attached hydrogens (tertiary/aromatic N) is 1. The van der Waals surface area contributed by atoms with Gasteiger partial charge < -0.3 is 4.74 Å². The van der Waals surface area contributed by atoms with E-state index >= 15 is 0 Å². The molecule has 112 valence electrons. The smallest absolute Gasteiger partial charge is 0.333 e. The minimum absolute atomic E-state index is 0.0405. The molecular formula is C15H23NO4. The Morgan fingerprint density at radius 3 is 2.70 bits per heavy atom. The second kappa shape index (κ2) is 7.22. The Balaban J connectivity index is 2.39. The molecule has 5 heteroatoms. The lowest BCUT2D eigenvalue weighted by Crippen LogP contribution is -2.38. The average Bonchev–Trinajstić information content (AvgIpc) is 2.68. The molecule has 1 aliphatic heterocycles. The molecular weight excluding hydrogens is 258 g/mol. The van der Waals surface area contributed by atoms with Gasteiger partial charge in [0.05, 0.1) is 6.61 Å². The molecule has 1 fully saturated rings. The fourth-order valence-electron chi connectivity index (χ4n) is 2.20. The number of rotatable bonds is 7. The molecule has 1 heterocycles. The molecule has 0 aliphatic carbocycles. The zero-order valence-electron chi connectivity index (χ0n) is 12.5. The first-order valence-electron chi connectivity index (χ1n) is 7.07. The van der Waals surface area contributed by atoms with Crippen molar-refractivity contribution < 1.29 is 19.1 Å². The van der Waals surface area contributed by atoms with Crippen molar-refractivity contribution in [2.24, 2.45) is 5.92 Å². The highest BCUT2D eigenvalue weighted by molar-refractivity contribution is 6.03. The maximum Gasteiger partial charge on any atom is 0.333 e. The Morgan fingerprint density at radius 1 is 1.50 bits per heavy atom. The van der Waals surface area contributed by atoms with Crippen LogP contribution in [0.3, 0.4) is 0 Å². The van der Waals surface area contributed by atoms with Crippen molar-refractivity contribution in [3.63, 3.8) is 0 Å². The first-order chi connectivity index (χ1) is 9.38. The van der Waals surface area contributed by atoms with Crippen LogP contribution in [0.2, 0.25) is 0 Å². The van der Waals surface area contributed by atoms with Crippen LogP contribution in [0.25, 0.3) is 0 Å². The molecule has 0 bridgehead atoms. The van der Waals surface area contributed by atoms with Gasteiger partial charge in [0.25, 0.3) is 0 Å². The fourth-order valence-corrected chi connectivity index (χ4v) is 2.20. The van der Waals surface area contributed by atoms with Crippen LogP contribution < -0.4 is 0 Å². The van der Waals surface area contributed by atoms with Crippen LogP contribution in [0.15, 0.2) is 12.2 Å². The van der Waals surface area contributed by atoms with Crippen LogP contribution in [-0.4, -0.2) is 35.3 Å². The SMILES string of the molecule is C=C(C)C(=O)OCCCC1CC(=O)N(C(C)CC)C1=O. The molecule has 5 nitrogen and oxygen atoms in total. The Hall–Kier alpha value is -1.65. The highest BCUT2D eigenvalue weighted by Gasteiger charge is 2.39. The summed E-state index contributed by atoms with van der Waals surface area (Å²) in [6, 6.07) is -0.0405. The number of likely N-dealkylation sites (tertiary alicyclic amines) is 1. The summed E-state index contributed by atoms with van der Waals surface area (Å²) in [6.07, 6.45) is 2.19. The van der Waals surface area contributed by atoms with Gasteiger partial charge in [0.15, 0.2) is 0 Å².